The number of benzene rings is 1. The minimum atomic E-state index is 0.373. The number of unbranched alkanes of at least 4 members (excludes halogenated alkanes) is 1. The molecule has 16 heavy (non-hydrogen) atoms. The van der Waals surface area contributed by atoms with Crippen LogP contribution >= 0.6 is 0 Å². The normalized spacial score (nSPS) is 13.1. The lowest BCUT2D eigenvalue weighted by Crippen LogP contribution is -1.94. The summed E-state index contributed by atoms with van der Waals surface area (Å²) in [6.45, 7) is 4.82. The van der Waals surface area contributed by atoms with Crippen molar-refractivity contribution in [2.24, 2.45) is 0 Å². The van der Waals surface area contributed by atoms with Crippen molar-refractivity contribution in [2.75, 3.05) is 6.79 Å². The predicted molar refractivity (Wildman–Crippen MR) is 65.2 cm³/mol. The number of fused-ring (bicyclic) bond motifs is 1. The molecule has 2 rings (SSSR count). The van der Waals surface area contributed by atoms with Crippen LogP contribution < -0.4 is 9.47 Å². The van der Waals surface area contributed by atoms with Crippen molar-refractivity contribution in [3.8, 4) is 11.5 Å². The van der Waals surface area contributed by atoms with E-state index in [1.807, 2.05) is 0 Å². The summed E-state index contributed by atoms with van der Waals surface area (Å²) in [6.07, 6.45) is 5.95. The second-order valence-electron chi connectivity index (χ2n) is 4.33. The Bertz CT molecular complexity index is 358. The van der Waals surface area contributed by atoms with E-state index in [1.54, 1.807) is 0 Å². The highest BCUT2D eigenvalue weighted by atomic mass is 16.7. The third kappa shape index (κ3) is 2.31. The molecule has 0 saturated heterocycles. The zero-order valence-electron chi connectivity index (χ0n) is 10.2. The molecule has 1 aromatic rings. The van der Waals surface area contributed by atoms with Gasteiger partial charge in [-0.25, -0.2) is 0 Å². The Hall–Kier alpha value is -1.18. The topological polar surface area (TPSA) is 18.5 Å². The van der Waals surface area contributed by atoms with Gasteiger partial charge in [0.1, 0.15) is 0 Å². The second-order valence-corrected chi connectivity index (χ2v) is 4.33. The first kappa shape index (κ1) is 11.3. The molecule has 0 saturated carbocycles. The van der Waals surface area contributed by atoms with Gasteiger partial charge in [0.15, 0.2) is 11.5 Å². The highest BCUT2D eigenvalue weighted by Gasteiger charge is 2.16. The van der Waals surface area contributed by atoms with Gasteiger partial charge in [0.2, 0.25) is 6.79 Å². The van der Waals surface area contributed by atoms with Crippen LogP contribution in [0.2, 0.25) is 0 Å². The molecular weight excluding hydrogens is 200 g/mol. The molecule has 0 aliphatic carbocycles. The zero-order valence-corrected chi connectivity index (χ0v) is 10.2. The van der Waals surface area contributed by atoms with E-state index in [9.17, 15) is 0 Å². The molecular formula is C14H20O2. The van der Waals surface area contributed by atoms with E-state index in [2.05, 4.69) is 26.0 Å². The van der Waals surface area contributed by atoms with E-state index < -0.39 is 0 Å². The fraction of sp³-hybridized carbons (Fsp3) is 0.571. The Labute approximate surface area is 97.6 Å². The van der Waals surface area contributed by atoms with E-state index >= 15 is 0 Å². The largest absolute Gasteiger partial charge is 0.454 e. The molecule has 0 bridgehead atoms. The molecule has 0 atom stereocenters. The molecule has 1 aliphatic rings. The van der Waals surface area contributed by atoms with Gasteiger partial charge in [-0.1, -0.05) is 26.7 Å². The van der Waals surface area contributed by atoms with Crippen LogP contribution in [0.4, 0.5) is 0 Å². The molecule has 0 aromatic heterocycles. The molecule has 2 nitrogen and oxygen atoms in total. The minimum absolute atomic E-state index is 0.373. The molecule has 0 radical (unpaired) electrons. The van der Waals surface area contributed by atoms with Crippen LogP contribution in [0.3, 0.4) is 0 Å². The zero-order chi connectivity index (χ0) is 11.4. The fourth-order valence-electron chi connectivity index (χ4n) is 2.13. The molecule has 0 spiro atoms. The van der Waals surface area contributed by atoms with E-state index in [0.29, 0.717) is 6.79 Å². The van der Waals surface area contributed by atoms with E-state index in [4.69, 9.17) is 9.47 Å². The van der Waals surface area contributed by atoms with Crippen LogP contribution in [-0.4, -0.2) is 6.79 Å². The highest BCUT2D eigenvalue weighted by Crippen LogP contribution is 2.35. The van der Waals surface area contributed by atoms with Gasteiger partial charge < -0.3 is 9.47 Å². The number of ether oxygens (including phenoxy) is 2. The van der Waals surface area contributed by atoms with Gasteiger partial charge in [-0.2, -0.15) is 0 Å². The maximum Gasteiger partial charge on any atom is 0.231 e. The minimum Gasteiger partial charge on any atom is -0.454 e. The van der Waals surface area contributed by atoms with Gasteiger partial charge in [0, 0.05) is 0 Å². The first-order valence-electron chi connectivity index (χ1n) is 6.26. The Morgan fingerprint density at radius 1 is 0.938 bits per heavy atom. The lowest BCUT2D eigenvalue weighted by Gasteiger charge is -2.09. The number of rotatable bonds is 5. The maximum atomic E-state index is 5.43. The summed E-state index contributed by atoms with van der Waals surface area (Å²) in [5, 5.41) is 0. The third-order valence-electron chi connectivity index (χ3n) is 3.01. The molecule has 1 heterocycles. The van der Waals surface area contributed by atoms with Crippen LogP contribution in [0.25, 0.3) is 0 Å². The fourth-order valence-corrected chi connectivity index (χ4v) is 2.13. The summed E-state index contributed by atoms with van der Waals surface area (Å²) in [4.78, 5) is 0. The Morgan fingerprint density at radius 2 is 1.56 bits per heavy atom. The first-order valence-corrected chi connectivity index (χ1v) is 6.26. The lowest BCUT2D eigenvalue weighted by molar-refractivity contribution is 0.174. The van der Waals surface area contributed by atoms with Gasteiger partial charge in [-0.05, 0) is 42.5 Å². The van der Waals surface area contributed by atoms with Gasteiger partial charge >= 0.3 is 0 Å². The number of aryl methyl sites for hydroxylation is 2. The highest BCUT2D eigenvalue weighted by molar-refractivity contribution is 5.48. The van der Waals surface area contributed by atoms with Crippen LogP contribution in [0.15, 0.2) is 12.1 Å². The summed E-state index contributed by atoms with van der Waals surface area (Å²) < 4.78 is 10.9. The molecule has 0 fully saturated rings. The lowest BCUT2D eigenvalue weighted by atomic mass is 9.98. The number of hydrogen-bond acceptors (Lipinski definition) is 2. The predicted octanol–water partition coefficient (Wildman–Crippen LogP) is 3.71. The van der Waals surface area contributed by atoms with Crippen molar-refractivity contribution in [1.29, 1.82) is 0 Å². The smallest absolute Gasteiger partial charge is 0.231 e. The van der Waals surface area contributed by atoms with Crippen LogP contribution in [0.5, 0.6) is 11.5 Å². The van der Waals surface area contributed by atoms with Crippen LogP contribution in [0, 0.1) is 0 Å². The summed E-state index contributed by atoms with van der Waals surface area (Å²) in [7, 11) is 0. The van der Waals surface area contributed by atoms with E-state index in [-0.39, 0.29) is 0 Å². The maximum absolute atomic E-state index is 5.43. The van der Waals surface area contributed by atoms with Crippen molar-refractivity contribution in [3.05, 3.63) is 23.3 Å². The standard InChI is InChI=1S/C14H20O2/c1-3-5-7-12-9-14-13(15-10-16-14)8-11(12)6-4-2/h8-9H,3-7,10H2,1-2H3. The van der Waals surface area contributed by atoms with Crippen molar-refractivity contribution in [1.82, 2.24) is 0 Å². The molecule has 0 amide bonds. The summed E-state index contributed by atoms with van der Waals surface area (Å²) in [6, 6.07) is 4.33. The monoisotopic (exact) mass is 220 g/mol. The van der Waals surface area contributed by atoms with E-state index in [1.165, 1.54) is 30.4 Å². The number of hydrogen-bond donors (Lipinski definition) is 0. The van der Waals surface area contributed by atoms with Crippen molar-refractivity contribution in [3.63, 3.8) is 0 Å². The van der Waals surface area contributed by atoms with Gasteiger partial charge in [0.05, 0.1) is 0 Å². The van der Waals surface area contributed by atoms with Crippen LogP contribution in [-0.2, 0) is 12.8 Å². The summed E-state index contributed by atoms with van der Waals surface area (Å²) >= 11 is 0. The van der Waals surface area contributed by atoms with Gasteiger partial charge in [-0.15, -0.1) is 0 Å². The molecule has 0 unspecified atom stereocenters. The van der Waals surface area contributed by atoms with Crippen LogP contribution in [0.1, 0.15) is 44.2 Å². The van der Waals surface area contributed by atoms with Crippen molar-refractivity contribution in [2.45, 2.75) is 46.0 Å². The summed E-state index contributed by atoms with van der Waals surface area (Å²) in [5.41, 5.74) is 2.87. The average molecular weight is 220 g/mol. The van der Waals surface area contributed by atoms with Gasteiger partial charge in [-0.3, -0.25) is 0 Å². The Morgan fingerprint density at radius 3 is 2.12 bits per heavy atom. The van der Waals surface area contributed by atoms with Crippen molar-refractivity contribution < 1.29 is 9.47 Å². The van der Waals surface area contributed by atoms with E-state index in [0.717, 1.165) is 24.3 Å². The Kier molecular flexibility index (Phi) is 3.70. The molecule has 2 heteroatoms. The SMILES string of the molecule is CCCCc1cc2c(cc1CCC)OCO2. The molecule has 0 N–H and O–H groups in total. The molecule has 1 aliphatic heterocycles. The first-order chi connectivity index (χ1) is 7.85. The quantitative estimate of drug-likeness (QED) is 0.753. The van der Waals surface area contributed by atoms with Crippen molar-refractivity contribution >= 4 is 0 Å². The third-order valence-corrected chi connectivity index (χ3v) is 3.01. The van der Waals surface area contributed by atoms with Gasteiger partial charge in [0.25, 0.3) is 0 Å². The summed E-state index contributed by atoms with van der Waals surface area (Å²) in [5.74, 6) is 1.84. The Balaban J connectivity index is 2.25. The molecule has 88 valence electrons. The average Bonchev–Trinajstić information content (AvgIpc) is 2.73. The molecule has 1 aromatic carbocycles. The second kappa shape index (κ2) is 5.24.